The van der Waals surface area contributed by atoms with Crippen molar-refractivity contribution in [2.75, 3.05) is 13.6 Å². The lowest BCUT2D eigenvalue weighted by molar-refractivity contribution is -0.137. The van der Waals surface area contributed by atoms with Gasteiger partial charge in [-0.3, -0.25) is 4.79 Å². The van der Waals surface area contributed by atoms with E-state index in [0.717, 1.165) is 11.6 Å². The number of rotatable bonds is 5. The van der Waals surface area contributed by atoms with Gasteiger partial charge in [-0.25, -0.2) is 4.98 Å². The molecule has 0 unspecified atom stereocenters. The minimum absolute atomic E-state index is 0.0859. The molecule has 0 fully saturated rings. The maximum absolute atomic E-state index is 10.5. The molecule has 1 N–H and O–H groups in total. The number of carboxylic acids is 1. The summed E-state index contributed by atoms with van der Waals surface area (Å²) in [5.74, 6) is -0.753. The van der Waals surface area contributed by atoms with Crippen LogP contribution in [0.3, 0.4) is 0 Å². The van der Waals surface area contributed by atoms with E-state index in [4.69, 9.17) is 5.11 Å². The second-order valence-corrected chi connectivity index (χ2v) is 6.38. The van der Waals surface area contributed by atoms with Crippen LogP contribution in [0.1, 0.15) is 37.1 Å². The van der Waals surface area contributed by atoms with E-state index in [-0.39, 0.29) is 11.8 Å². The van der Waals surface area contributed by atoms with E-state index >= 15 is 0 Å². The minimum Gasteiger partial charge on any atom is -0.481 e. The Kier molecular flexibility index (Phi) is 4.65. The van der Waals surface area contributed by atoms with Crippen molar-refractivity contribution in [1.82, 2.24) is 9.88 Å². The molecule has 0 saturated carbocycles. The molecule has 96 valence electrons. The van der Waals surface area contributed by atoms with Crippen LogP contribution >= 0.6 is 11.3 Å². The number of hydrogen-bond acceptors (Lipinski definition) is 4. The van der Waals surface area contributed by atoms with Crippen LogP contribution in [0.2, 0.25) is 0 Å². The van der Waals surface area contributed by atoms with Gasteiger partial charge >= 0.3 is 5.97 Å². The first kappa shape index (κ1) is 14.1. The van der Waals surface area contributed by atoms with E-state index in [2.05, 4.69) is 25.8 Å². The van der Waals surface area contributed by atoms with E-state index in [1.165, 1.54) is 4.88 Å². The average Bonchev–Trinajstić information content (AvgIpc) is 2.62. The van der Waals surface area contributed by atoms with Crippen LogP contribution in [-0.4, -0.2) is 34.6 Å². The van der Waals surface area contributed by atoms with Gasteiger partial charge < -0.3 is 10.0 Å². The summed E-state index contributed by atoms with van der Waals surface area (Å²) >= 11 is 1.70. The molecular weight excluding hydrogens is 236 g/mol. The summed E-state index contributed by atoms with van der Waals surface area (Å²) in [4.78, 5) is 18.1. The van der Waals surface area contributed by atoms with Gasteiger partial charge in [-0.05, 0) is 7.05 Å². The number of aliphatic carboxylic acids is 1. The number of carboxylic acid groups (broad SMARTS) is 1. The fraction of sp³-hybridized carbons (Fsp3) is 0.667. The first-order valence-electron chi connectivity index (χ1n) is 5.64. The SMILES string of the molecule is CN(CCC(=O)O)Cc1cnc(C(C)(C)C)s1. The highest BCUT2D eigenvalue weighted by atomic mass is 32.1. The molecule has 0 saturated heterocycles. The molecule has 0 spiro atoms. The third kappa shape index (κ3) is 4.83. The number of carbonyl (C=O) groups is 1. The maximum atomic E-state index is 10.5. The van der Waals surface area contributed by atoms with Crippen molar-refractivity contribution in [2.24, 2.45) is 0 Å². The molecule has 0 atom stereocenters. The van der Waals surface area contributed by atoms with Crippen LogP contribution in [0.25, 0.3) is 0 Å². The Hall–Kier alpha value is -0.940. The van der Waals surface area contributed by atoms with Crippen molar-refractivity contribution in [3.63, 3.8) is 0 Å². The summed E-state index contributed by atoms with van der Waals surface area (Å²) in [5.41, 5.74) is 0.0859. The van der Waals surface area contributed by atoms with Crippen LogP contribution in [-0.2, 0) is 16.8 Å². The summed E-state index contributed by atoms with van der Waals surface area (Å²) in [6.07, 6.45) is 2.07. The molecule has 5 heteroatoms. The molecular formula is C12H20N2O2S. The van der Waals surface area contributed by atoms with Gasteiger partial charge in [0.25, 0.3) is 0 Å². The first-order valence-corrected chi connectivity index (χ1v) is 6.46. The quantitative estimate of drug-likeness (QED) is 0.878. The largest absolute Gasteiger partial charge is 0.481 e. The van der Waals surface area contributed by atoms with Crippen molar-refractivity contribution in [1.29, 1.82) is 0 Å². The maximum Gasteiger partial charge on any atom is 0.304 e. The molecule has 1 heterocycles. The third-order valence-corrected chi connectivity index (χ3v) is 3.74. The van der Waals surface area contributed by atoms with Gasteiger partial charge in [0.2, 0.25) is 0 Å². The molecule has 0 bridgehead atoms. The Morgan fingerprint density at radius 1 is 1.53 bits per heavy atom. The molecule has 4 nitrogen and oxygen atoms in total. The highest BCUT2D eigenvalue weighted by Crippen LogP contribution is 2.27. The topological polar surface area (TPSA) is 53.4 Å². The number of nitrogens with zero attached hydrogens (tertiary/aromatic N) is 2. The van der Waals surface area contributed by atoms with E-state index in [9.17, 15) is 4.79 Å². The molecule has 0 radical (unpaired) electrons. The molecule has 0 aliphatic carbocycles. The lowest BCUT2D eigenvalue weighted by Gasteiger charge is -2.15. The van der Waals surface area contributed by atoms with Gasteiger partial charge in [-0.15, -0.1) is 11.3 Å². The fourth-order valence-electron chi connectivity index (χ4n) is 1.36. The summed E-state index contributed by atoms with van der Waals surface area (Å²) in [7, 11) is 1.93. The van der Waals surface area contributed by atoms with Gasteiger partial charge in [-0.1, -0.05) is 20.8 Å². The molecule has 17 heavy (non-hydrogen) atoms. The predicted molar refractivity (Wildman–Crippen MR) is 69.4 cm³/mol. The monoisotopic (exact) mass is 256 g/mol. The summed E-state index contributed by atoms with van der Waals surface area (Å²) in [6, 6.07) is 0. The van der Waals surface area contributed by atoms with Crippen LogP contribution < -0.4 is 0 Å². The first-order chi connectivity index (χ1) is 7.79. The second kappa shape index (κ2) is 5.60. The van der Waals surface area contributed by atoms with Crippen molar-refractivity contribution in [3.05, 3.63) is 16.1 Å². The predicted octanol–water partition coefficient (Wildman–Crippen LogP) is 2.35. The molecule has 0 aliphatic rings. The van der Waals surface area contributed by atoms with E-state index in [0.29, 0.717) is 6.54 Å². The molecule has 0 amide bonds. The molecule has 1 aromatic heterocycles. The highest BCUT2D eigenvalue weighted by molar-refractivity contribution is 7.11. The lowest BCUT2D eigenvalue weighted by atomic mass is 9.98. The van der Waals surface area contributed by atoms with Gasteiger partial charge in [0.05, 0.1) is 11.4 Å². The number of aromatic nitrogens is 1. The Labute approximate surface area is 106 Å². The zero-order valence-corrected chi connectivity index (χ0v) is 11.7. The van der Waals surface area contributed by atoms with Gasteiger partial charge in [0.1, 0.15) is 0 Å². The Balaban J connectivity index is 2.52. The molecule has 0 aromatic carbocycles. The van der Waals surface area contributed by atoms with Gasteiger partial charge in [-0.2, -0.15) is 0 Å². The smallest absolute Gasteiger partial charge is 0.304 e. The fourth-order valence-corrected chi connectivity index (χ4v) is 2.41. The van der Waals surface area contributed by atoms with E-state index in [1.54, 1.807) is 11.3 Å². The summed E-state index contributed by atoms with van der Waals surface area (Å²) < 4.78 is 0. The second-order valence-electron chi connectivity index (χ2n) is 5.26. The van der Waals surface area contributed by atoms with Crippen LogP contribution in [0.5, 0.6) is 0 Å². The summed E-state index contributed by atoms with van der Waals surface area (Å²) in [6.45, 7) is 7.76. The average molecular weight is 256 g/mol. The van der Waals surface area contributed by atoms with Gasteiger partial charge in [0.15, 0.2) is 0 Å². The normalized spacial score (nSPS) is 12.1. The van der Waals surface area contributed by atoms with Crippen LogP contribution in [0.15, 0.2) is 6.20 Å². The summed E-state index contributed by atoms with van der Waals surface area (Å²) in [5, 5.41) is 9.73. The van der Waals surface area contributed by atoms with Crippen molar-refractivity contribution >= 4 is 17.3 Å². The lowest BCUT2D eigenvalue weighted by Crippen LogP contribution is -2.20. The molecule has 1 rings (SSSR count). The van der Waals surface area contributed by atoms with Crippen molar-refractivity contribution < 1.29 is 9.90 Å². The Morgan fingerprint density at radius 3 is 2.65 bits per heavy atom. The zero-order chi connectivity index (χ0) is 13.1. The molecule has 1 aromatic rings. The minimum atomic E-state index is -0.753. The highest BCUT2D eigenvalue weighted by Gasteiger charge is 2.18. The van der Waals surface area contributed by atoms with Crippen LogP contribution in [0, 0.1) is 0 Å². The number of hydrogen-bond donors (Lipinski definition) is 1. The van der Waals surface area contributed by atoms with Crippen molar-refractivity contribution in [3.8, 4) is 0 Å². The Morgan fingerprint density at radius 2 is 2.18 bits per heavy atom. The third-order valence-electron chi connectivity index (χ3n) is 2.33. The number of thiazole rings is 1. The van der Waals surface area contributed by atoms with Crippen molar-refractivity contribution in [2.45, 2.75) is 39.2 Å². The van der Waals surface area contributed by atoms with Crippen LogP contribution in [0.4, 0.5) is 0 Å². The zero-order valence-electron chi connectivity index (χ0n) is 10.9. The molecule has 0 aliphatic heterocycles. The van der Waals surface area contributed by atoms with Gasteiger partial charge in [0, 0.05) is 29.6 Å². The van der Waals surface area contributed by atoms with E-state index in [1.807, 2.05) is 18.1 Å². The standard InChI is InChI=1S/C12H20N2O2S/c1-12(2,3)11-13-7-9(17-11)8-14(4)6-5-10(15)16/h7H,5-6,8H2,1-4H3,(H,15,16). The van der Waals surface area contributed by atoms with E-state index < -0.39 is 5.97 Å². The Bertz CT molecular complexity index is 382.